The number of aryl methyl sites for hydroxylation is 2. The van der Waals surface area contributed by atoms with Gasteiger partial charge in [0.05, 0.1) is 22.5 Å². The van der Waals surface area contributed by atoms with E-state index >= 15 is 0 Å². The van der Waals surface area contributed by atoms with Crippen LogP contribution in [0.1, 0.15) is 21.8 Å². The highest BCUT2D eigenvalue weighted by Gasteiger charge is 2.28. The molecule has 0 spiro atoms. The third-order valence-electron chi connectivity index (χ3n) is 4.81. The monoisotopic (exact) mass is 433 g/mol. The number of nitriles is 1. The highest BCUT2D eigenvalue weighted by molar-refractivity contribution is 9.10. The van der Waals surface area contributed by atoms with Crippen LogP contribution in [0.25, 0.3) is 22.2 Å². The molecule has 4 heterocycles. The molecule has 1 aromatic carbocycles. The number of nitrogens with zero attached hydrogens (tertiary/aromatic N) is 3. The Labute approximate surface area is 168 Å². The molecule has 3 aromatic heterocycles. The van der Waals surface area contributed by atoms with E-state index in [0.29, 0.717) is 34.6 Å². The van der Waals surface area contributed by atoms with E-state index < -0.39 is 5.97 Å². The number of furan rings is 1. The molecule has 0 fully saturated rings. The van der Waals surface area contributed by atoms with E-state index in [4.69, 9.17) is 14.1 Å². The molecule has 5 rings (SSSR count). The first kappa shape index (κ1) is 16.8. The van der Waals surface area contributed by atoms with Crippen molar-refractivity contribution in [3.05, 3.63) is 70.3 Å². The van der Waals surface area contributed by atoms with E-state index in [0.717, 1.165) is 22.2 Å². The minimum absolute atomic E-state index is 0.0972. The van der Waals surface area contributed by atoms with Gasteiger partial charge >= 0.3 is 5.97 Å². The summed E-state index contributed by atoms with van der Waals surface area (Å²) in [5, 5.41) is 10.7. The van der Waals surface area contributed by atoms with Crippen molar-refractivity contribution in [1.29, 1.82) is 5.26 Å². The second kappa shape index (κ2) is 6.36. The van der Waals surface area contributed by atoms with Crippen LogP contribution in [-0.4, -0.2) is 15.5 Å². The Morgan fingerprint density at radius 1 is 1.25 bits per heavy atom. The Morgan fingerprint density at radius 2 is 2.11 bits per heavy atom. The normalized spacial score (nSPS) is 12.3. The third kappa shape index (κ3) is 2.53. The first-order valence-corrected chi connectivity index (χ1v) is 9.44. The van der Waals surface area contributed by atoms with Gasteiger partial charge in [-0.05, 0) is 40.2 Å². The fourth-order valence-electron chi connectivity index (χ4n) is 3.60. The SMILES string of the molecule is N#Cc1c2c(nc3ccccc13)CCn1ccc(OC(=O)c3ccc(Br)o3)c1-2. The lowest BCUT2D eigenvalue weighted by Crippen LogP contribution is -2.15. The minimum Gasteiger partial charge on any atom is -0.442 e. The molecule has 7 heteroatoms. The second-order valence-corrected chi connectivity index (χ2v) is 7.18. The molecule has 28 heavy (non-hydrogen) atoms. The van der Waals surface area contributed by atoms with Crippen molar-refractivity contribution in [2.45, 2.75) is 13.0 Å². The molecule has 1 aliphatic rings. The molecule has 0 unspecified atom stereocenters. The average molecular weight is 434 g/mol. The molecule has 4 aromatic rings. The van der Waals surface area contributed by atoms with Gasteiger partial charge in [-0.25, -0.2) is 4.79 Å². The van der Waals surface area contributed by atoms with Crippen molar-refractivity contribution in [2.75, 3.05) is 0 Å². The number of pyridine rings is 1. The maximum atomic E-state index is 12.5. The van der Waals surface area contributed by atoms with Crippen LogP contribution in [0, 0.1) is 11.3 Å². The van der Waals surface area contributed by atoms with Crippen LogP contribution in [-0.2, 0) is 13.0 Å². The summed E-state index contributed by atoms with van der Waals surface area (Å²) in [6, 6.07) is 14.8. The van der Waals surface area contributed by atoms with Gasteiger partial charge in [0.15, 0.2) is 10.4 Å². The predicted octanol–water partition coefficient (Wildman–Crippen LogP) is 4.71. The molecule has 136 valence electrons. The molecule has 0 amide bonds. The zero-order valence-electron chi connectivity index (χ0n) is 14.5. The molecular weight excluding hydrogens is 422 g/mol. The number of halogens is 1. The third-order valence-corrected chi connectivity index (χ3v) is 5.24. The summed E-state index contributed by atoms with van der Waals surface area (Å²) in [5.41, 5.74) is 3.57. The zero-order valence-corrected chi connectivity index (χ0v) is 16.1. The van der Waals surface area contributed by atoms with Gasteiger partial charge in [0.1, 0.15) is 6.07 Å². The average Bonchev–Trinajstić information content (AvgIpc) is 3.32. The number of aromatic nitrogens is 2. The van der Waals surface area contributed by atoms with Gasteiger partial charge in [0.2, 0.25) is 5.76 Å². The van der Waals surface area contributed by atoms with Crippen LogP contribution < -0.4 is 4.74 Å². The molecule has 6 nitrogen and oxygen atoms in total. The Hall–Kier alpha value is -3.37. The number of benzene rings is 1. The van der Waals surface area contributed by atoms with Crippen LogP contribution >= 0.6 is 15.9 Å². The predicted molar refractivity (Wildman–Crippen MR) is 105 cm³/mol. The summed E-state index contributed by atoms with van der Waals surface area (Å²) in [4.78, 5) is 17.2. The quantitative estimate of drug-likeness (QED) is 0.427. The Bertz CT molecular complexity index is 1300. The van der Waals surface area contributed by atoms with Crippen molar-refractivity contribution in [1.82, 2.24) is 9.55 Å². The maximum absolute atomic E-state index is 12.5. The van der Waals surface area contributed by atoms with Gasteiger partial charge in [-0.15, -0.1) is 0 Å². The van der Waals surface area contributed by atoms with E-state index in [1.54, 1.807) is 18.2 Å². The molecule has 1 aliphatic heterocycles. The van der Waals surface area contributed by atoms with Crippen molar-refractivity contribution in [3.8, 4) is 23.1 Å². The molecular formula is C21H12BrN3O3. The van der Waals surface area contributed by atoms with Gasteiger partial charge in [-0.3, -0.25) is 4.98 Å². The fourth-order valence-corrected chi connectivity index (χ4v) is 3.91. The van der Waals surface area contributed by atoms with Crippen molar-refractivity contribution >= 4 is 32.8 Å². The lowest BCUT2D eigenvalue weighted by atomic mass is 9.95. The van der Waals surface area contributed by atoms with E-state index in [2.05, 4.69) is 22.0 Å². The van der Waals surface area contributed by atoms with Gasteiger partial charge in [-0.2, -0.15) is 5.26 Å². The van der Waals surface area contributed by atoms with E-state index in [9.17, 15) is 10.1 Å². The van der Waals surface area contributed by atoms with Crippen molar-refractivity contribution < 1.29 is 13.9 Å². The number of hydrogen-bond donors (Lipinski definition) is 0. The molecule has 0 atom stereocenters. The topological polar surface area (TPSA) is 81.0 Å². The Kier molecular flexibility index (Phi) is 3.81. The van der Waals surface area contributed by atoms with Gasteiger partial charge < -0.3 is 13.7 Å². The van der Waals surface area contributed by atoms with E-state index in [1.807, 2.05) is 35.0 Å². The lowest BCUT2D eigenvalue weighted by molar-refractivity contribution is 0.0700. The standard InChI is InChI=1S/C21H12BrN3O3/c22-18-6-5-17(27-18)21(26)28-16-8-10-25-9-7-15-19(20(16)25)13(11-23)12-3-1-2-4-14(12)24-15/h1-6,8,10H,7,9H2. The lowest BCUT2D eigenvalue weighted by Gasteiger charge is -2.21. The summed E-state index contributed by atoms with van der Waals surface area (Å²) < 4.78 is 13.3. The molecule has 0 saturated carbocycles. The largest absolute Gasteiger partial charge is 0.442 e. The molecule has 0 aliphatic carbocycles. The van der Waals surface area contributed by atoms with Crippen LogP contribution in [0.5, 0.6) is 5.75 Å². The van der Waals surface area contributed by atoms with Crippen molar-refractivity contribution in [2.24, 2.45) is 0 Å². The number of hydrogen-bond acceptors (Lipinski definition) is 5. The molecule has 0 N–H and O–H groups in total. The highest BCUT2D eigenvalue weighted by Crippen LogP contribution is 2.41. The summed E-state index contributed by atoms with van der Waals surface area (Å²) in [7, 11) is 0. The van der Waals surface area contributed by atoms with Gasteiger partial charge in [0.25, 0.3) is 0 Å². The highest BCUT2D eigenvalue weighted by atomic mass is 79.9. The number of para-hydroxylation sites is 1. The summed E-state index contributed by atoms with van der Waals surface area (Å²) in [5.74, 6) is -0.119. The Morgan fingerprint density at radius 3 is 2.89 bits per heavy atom. The molecule has 0 radical (unpaired) electrons. The van der Waals surface area contributed by atoms with Gasteiger partial charge in [-0.1, -0.05) is 18.2 Å². The first-order chi connectivity index (χ1) is 13.7. The zero-order chi connectivity index (χ0) is 19.3. The van der Waals surface area contributed by atoms with Gasteiger partial charge in [0, 0.05) is 30.1 Å². The number of carbonyl (C=O) groups is 1. The Balaban J connectivity index is 1.67. The fraction of sp³-hybridized carbons (Fsp3) is 0.0952. The first-order valence-electron chi connectivity index (χ1n) is 8.64. The number of fused-ring (bicyclic) bond motifs is 4. The van der Waals surface area contributed by atoms with Crippen LogP contribution in [0.4, 0.5) is 0 Å². The number of esters is 1. The van der Waals surface area contributed by atoms with Crippen molar-refractivity contribution in [3.63, 3.8) is 0 Å². The molecule has 0 bridgehead atoms. The molecule has 0 saturated heterocycles. The summed E-state index contributed by atoms with van der Waals surface area (Å²) >= 11 is 3.18. The summed E-state index contributed by atoms with van der Waals surface area (Å²) in [6.45, 7) is 0.697. The smallest absolute Gasteiger partial charge is 0.379 e. The number of ether oxygens (including phenoxy) is 1. The minimum atomic E-state index is -0.598. The number of rotatable bonds is 2. The summed E-state index contributed by atoms with van der Waals surface area (Å²) in [6.07, 6.45) is 2.56. The maximum Gasteiger partial charge on any atom is 0.379 e. The second-order valence-electron chi connectivity index (χ2n) is 6.40. The number of carbonyl (C=O) groups excluding carboxylic acids is 1. The van der Waals surface area contributed by atoms with Crippen LogP contribution in [0.3, 0.4) is 0 Å². The van der Waals surface area contributed by atoms with E-state index in [-0.39, 0.29) is 5.76 Å². The van der Waals surface area contributed by atoms with E-state index in [1.165, 1.54) is 0 Å². The van der Waals surface area contributed by atoms with Crippen LogP contribution in [0.15, 0.2) is 57.7 Å². The van der Waals surface area contributed by atoms with Crippen LogP contribution in [0.2, 0.25) is 0 Å².